The van der Waals surface area contributed by atoms with Crippen LogP contribution < -0.4 is 16.6 Å². The first-order valence-electron chi connectivity index (χ1n) is 7.44. The highest BCUT2D eigenvalue weighted by Gasteiger charge is 2.30. The Morgan fingerprint density at radius 1 is 1.15 bits per heavy atom. The van der Waals surface area contributed by atoms with Gasteiger partial charge in [0.1, 0.15) is 11.5 Å². The summed E-state index contributed by atoms with van der Waals surface area (Å²) in [5, 5.41) is 10.9. The summed E-state index contributed by atoms with van der Waals surface area (Å²) in [7, 11) is 1.54. The number of halogens is 3. The quantitative estimate of drug-likeness (QED) is 0.490. The van der Waals surface area contributed by atoms with E-state index in [1.807, 2.05) is 0 Å². The molecule has 5 N–H and O–H groups in total. The molecule has 0 fully saturated rings. The van der Waals surface area contributed by atoms with Crippen LogP contribution in [0.1, 0.15) is 15.9 Å². The third-order valence-corrected chi connectivity index (χ3v) is 4.03. The van der Waals surface area contributed by atoms with Gasteiger partial charge in [0.2, 0.25) is 0 Å². The Morgan fingerprint density at radius 2 is 1.77 bits per heavy atom. The maximum absolute atomic E-state index is 12.8. The molecule has 0 amide bonds. The number of nitrogen functional groups attached to an aromatic ring is 1. The number of carboxylic acid groups (broad SMARTS) is 1. The van der Waals surface area contributed by atoms with Crippen LogP contribution in [0.15, 0.2) is 42.5 Å². The summed E-state index contributed by atoms with van der Waals surface area (Å²) in [4.78, 5) is 11.2. The lowest BCUT2D eigenvalue weighted by atomic mass is 10.1. The number of nitrogens with two attached hydrogens (primary N) is 2. The van der Waals surface area contributed by atoms with E-state index in [0.717, 1.165) is 12.1 Å². The van der Waals surface area contributed by atoms with Gasteiger partial charge in [-0.2, -0.15) is 13.2 Å². The smallest absolute Gasteiger partial charge is 0.416 e. The van der Waals surface area contributed by atoms with E-state index < -0.39 is 17.7 Å². The largest absolute Gasteiger partial charge is 0.478 e. The van der Waals surface area contributed by atoms with Crippen molar-refractivity contribution < 1.29 is 23.1 Å². The van der Waals surface area contributed by atoms with Gasteiger partial charge in [-0.1, -0.05) is 0 Å². The van der Waals surface area contributed by atoms with Crippen molar-refractivity contribution in [2.45, 2.75) is 6.18 Å². The second-order valence-corrected chi connectivity index (χ2v) is 5.76. The fraction of sp³-hybridized carbons (Fsp3) is 0.118. The molecule has 0 radical (unpaired) electrons. The Hall–Kier alpha value is -3.20. The van der Waals surface area contributed by atoms with Gasteiger partial charge in [0.15, 0.2) is 0 Å². The first-order chi connectivity index (χ1) is 12.1. The highest BCUT2D eigenvalue weighted by molar-refractivity contribution is 6.04. The van der Waals surface area contributed by atoms with Gasteiger partial charge in [0, 0.05) is 18.1 Å². The number of nitrogens with zero attached hydrogens (tertiary/aromatic N) is 2. The number of rotatable bonds is 3. The predicted octanol–water partition coefficient (Wildman–Crippen LogP) is 3.24. The number of aromatic nitrogens is 1. The molecular formula is C17H15F3N4O2. The van der Waals surface area contributed by atoms with Crippen LogP contribution in [0.3, 0.4) is 0 Å². The summed E-state index contributed by atoms with van der Waals surface area (Å²) in [5.41, 5.74) is 6.74. The molecule has 2 aromatic carbocycles. The predicted molar refractivity (Wildman–Crippen MR) is 92.2 cm³/mol. The van der Waals surface area contributed by atoms with Gasteiger partial charge in [0.05, 0.1) is 16.6 Å². The number of anilines is 2. The average molecular weight is 364 g/mol. The molecular weight excluding hydrogens is 349 g/mol. The van der Waals surface area contributed by atoms with Crippen LogP contribution in [0.25, 0.3) is 16.6 Å². The first kappa shape index (κ1) is 17.6. The molecule has 9 heteroatoms. The van der Waals surface area contributed by atoms with Gasteiger partial charge in [-0.3, -0.25) is 4.57 Å². The molecule has 1 heterocycles. The molecule has 0 aliphatic carbocycles. The summed E-state index contributed by atoms with van der Waals surface area (Å²) in [6.07, 6.45) is -4.44. The van der Waals surface area contributed by atoms with E-state index in [4.69, 9.17) is 11.6 Å². The minimum Gasteiger partial charge on any atom is -0.478 e. The Morgan fingerprint density at radius 3 is 2.27 bits per heavy atom. The standard InChI is InChI=1S/C17H15F3N4O2/c1-23(22)14-12-8-9(16(25)26)2-7-13(12)24(15(14)21)11-5-3-10(4-6-11)17(18,19)20/h2-8H,21-22H2,1H3,(H,25,26). The average Bonchev–Trinajstić information content (AvgIpc) is 2.85. The number of benzene rings is 2. The van der Waals surface area contributed by atoms with E-state index >= 15 is 0 Å². The first-order valence-corrected chi connectivity index (χ1v) is 7.44. The zero-order chi connectivity index (χ0) is 19.2. The van der Waals surface area contributed by atoms with Crippen LogP contribution in [-0.2, 0) is 6.18 Å². The van der Waals surface area contributed by atoms with Gasteiger partial charge in [-0.15, -0.1) is 0 Å². The molecule has 26 heavy (non-hydrogen) atoms. The van der Waals surface area contributed by atoms with Crippen LogP contribution >= 0.6 is 0 Å². The number of hydrogen-bond donors (Lipinski definition) is 3. The Bertz CT molecular complexity index is 992. The Balaban J connectivity index is 2.26. The van der Waals surface area contributed by atoms with Crippen molar-refractivity contribution in [3.8, 4) is 5.69 Å². The Labute approximate surface area is 146 Å². The summed E-state index contributed by atoms with van der Waals surface area (Å²) in [6, 6.07) is 8.86. The maximum Gasteiger partial charge on any atom is 0.416 e. The summed E-state index contributed by atoms with van der Waals surface area (Å²) in [5.74, 6) is 4.90. The number of alkyl halides is 3. The van der Waals surface area contributed by atoms with E-state index in [2.05, 4.69) is 0 Å². The molecule has 0 bridgehead atoms. The van der Waals surface area contributed by atoms with Gasteiger partial charge in [-0.05, 0) is 42.5 Å². The van der Waals surface area contributed by atoms with Crippen molar-refractivity contribution in [3.63, 3.8) is 0 Å². The SMILES string of the molecule is CN(N)c1c(N)n(-c2ccc(C(F)(F)F)cc2)c2ccc(C(=O)O)cc12. The van der Waals surface area contributed by atoms with Crippen LogP contribution in [-0.4, -0.2) is 22.7 Å². The molecule has 3 aromatic rings. The number of hydrazine groups is 1. The zero-order valence-corrected chi connectivity index (χ0v) is 13.6. The van der Waals surface area contributed by atoms with E-state index in [-0.39, 0.29) is 11.4 Å². The normalized spacial score (nSPS) is 11.7. The van der Waals surface area contributed by atoms with E-state index in [1.165, 1.54) is 40.9 Å². The van der Waals surface area contributed by atoms with Crippen molar-refractivity contribution in [1.29, 1.82) is 0 Å². The monoisotopic (exact) mass is 364 g/mol. The lowest BCUT2D eigenvalue weighted by Crippen LogP contribution is -2.25. The minimum atomic E-state index is -4.44. The van der Waals surface area contributed by atoms with Crippen molar-refractivity contribution in [1.82, 2.24) is 4.57 Å². The van der Waals surface area contributed by atoms with E-state index in [0.29, 0.717) is 22.3 Å². The lowest BCUT2D eigenvalue weighted by Gasteiger charge is -2.13. The van der Waals surface area contributed by atoms with Crippen molar-refractivity contribution >= 4 is 28.4 Å². The molecule has 6 nitrogen and oxygen atoms in total. The summed E-state index contributed by atoms with van der Waals surface area (Å²) in [6.45, 7) is 0. The number of hydrogen-bond acceptors (Lipinski definition) is 4. The molecule has 0 atom stereocenters. The topological polar surface area (TPSA) is 97.5 Å². The summed E-state index contributed by atoms with van der Waals surface area (Å²) < 4.78 is 39.8. The van der Waals surface area contributed by atoms with Crippen molar-refractivity contribution in [2.75, 3.05) is 17.8 Å². The molecule has 0 unspecified atom stereocenters. The lowest BCUT2D eigenvalue weighted by molar-refractivity contribution is -0.137. The summed E-state index contributed by atoms with van der Waals surface area (Å²) >= 11 is 0. The fourth-order valence-electron chi connectivity index (χ4n) is 2.88. The van der Waals surface area contributed by atoms with Gasteiger partial charge >= 0.3 is 12.1 Å². The zero-order valence-electron chi connectivity index (χ0n) is 13.6. The second-order valence-electron chi connectivity index (χ2n) is 5.76. The van der Waals surface area contributed by atoms with Crippen LogP contribution in [0.4, 0.5) is 24.7 Å². The van der Waals surface area contributed by atoms with Crippen molar-refractivity contribution in [2.24, 2.45) is 5.84 Å². The highest BCUT2D eigenvalue weighted by Crippen LogP contribution is 2.38. The molecule has 0 aliphatic rings. The number of aromatic carboxylic acids is 1. The van der Waals surface area contributed by atoms with Gasteiger partial charge in [0.25, 0.3) is 0 Å². The van der Waals surface area contributed by atoms with Gasteiger partial charge < -0.3 is 15.8 Å². The van der Waals surface area contributed by atoms with Crippen LogP contribution in [0, 0.1) is 0 Å². The van der Waals surface area contributed by atoms with E-state index in [1.54, 1.807) is 6.07 Å². The third-order valence-electron chi connectivity index (χ3n) is 4.03. The molecule has 0 saturated carbocycles. The molecule has 0 spiro atoms. The number of carbonyl (C=O) groups is 1. The molecule has 3 rings (SSSR count). The highest BCUT2D eigenvalue weighted by atomic mass is 19.4. The number of carboxylic acids is 1. The fourth-order valence-corrected chi connectivity index (χ4v) is 2.88. The second kappa shape index (κ2) is 5.95. The minimum absolute atomic E-state index is 0.0465. The van der Waals surface area contributed by atoms with E-state index in [9.17, 15) is 23.1 Å². The third kappa shape index (κ3) is 2.82. The number of fused-ring (bicyclic) bond motifs is 1. The van der Waals surface area contributed by atoms with Crippen molar-refractivity contribution in [3.05, 3.63) is 53.6 Å². The Kier molecular flexibility index (Phi) is 4.03. The maximum atomic E-state index is 12.8. The van der Waals surface area contributed by atoms with Crippen LogP contribution in [0.2, 0.25) is 0 Å². The molecule has 1 aromatic heterocycles. The van der Waals surface area contributed by atoms with Gasteiger partial charge in [-0.25, -0.2) is 10.6 Å². The molecule has 136 valence electrons. The molecule has 0 aliphatic heterocycles. The van der Waals surface area contributed by atoms with Crippen LogP contribution in [0.5, 0.6) is 0 Å². The molecule has 0 saturated heterocycles.